The average Bonchev–Trinajstić information content (AvgIpc) is 3.12. The standard InChI is InChI=1S/C17H17F2N3OS/c18-12-4-5-13(19)11-8-22(7-6-10(11)12)9-16(23)21-17-20-14-2-1-3-15(14)24-17/h4-5H,1-3,6-9H2,(H,20,21,23). The van der Waals surface area contributed by atoms with Crippen molar-refractivity contribution in [1.29, 1.82) is 0 Å². The molecule has 1 aromatic heterocycles. The van der Waals surface area contributed by atoms with Crippen LogP contribution in [0.1, 0.15) is 28.1 Å². The normalized spacial score (nSPS) is 16.8. The van der Waals surface area contributed by atoms with Gasteiger partial charge < -0.3 is 5.32 Å². The number of aryl methyl sites for hydroxylation is 2. The van der Waals surface area contributed by atoms with E-state index in [0.29, 0.717) is 29.2 Å². The van der Waals surface area contributed by atoms with Gasteiger partial charge in [-0.2, -0.15) is 0 Å². The van der Waals surface area contributed by atoms with Crippen LogP contribution >= 0.6 is 11.3 Å². The molecule has 0 atom stereocenters. The number of halogens is 2. The Morgan fingerprint density at radius 3 is 2.79 bits per heavy atom. The molecule has 0 bridgehead atoms. The van der Waals surface area contributed by atoms with Gasteiger partial charge in [0.05, 0.1) is 12.2 Å². The van der Waals surface area contributed by atoms with Crippen molar-refractivity contribution in [3.8, 4) is 0 Å². The second-order valence-corrected chi connectivity index (χ2v) is 7.32. The Balaban J connectivity index is 1.40. The molecule has 0 fully saturated rings. The minimum absolute atomic E-state index is 0.152. The molecule has 1 amide bonds. The molecule has 0 saturated heterocycles. The number of amides is 1. The third-order valence-corrected chi connectivity index (χ3v) is 5.66. The van der Waals surface area contributed by atoms with Gasteiger partial charge in [-0.15, -0.1) is 11.3 Å². The van der Waals surface area contributed by atoms with Gasteiger partial charge in [0.15, 0.2) is 5.13 Å². The number of anilines is 1. The number of nitrogens with one attached hydrogen (secondary N) is 1. The van der Waals surface area contributed by atoms with E-state index in [-0.39, 0.29) is 24.8 Å². The van der Waals surface area contributed by atoms with Crippen molar-refractivity contribution in [2.45, 2.75) is 32.2 Å². The monoisotopic (exact) mass is 349 g/mol. The first-order valence-corrected chi connectivity index (χ1v) is 8.88. The number of aromatic nitrogens is 1. The maximum atomic E-state index is 13.9. The summed E-state index contributed by atoms with van der Waals surface area (Å²) in [5, 5.41) is 3.47. The Morgan fingerprint density at radius 2 is 2.00 bits per heavy atom. The SMILES string of the molecule is O=C(CN1CCc2c(F)ccc(F)c2C1)Nc1nc2c(s1)CCC2. The molecule has 2 heterocycles. The fourth-order valence-corrected chi connectivity index (χ4v) is 4.46. The van der Waals surface area contributed by atoms with Gasteiger partial charge >= 0.3 is 0 Å². The van der Waals surface area contributed by atoms with Gasteiger partial charge in [-0.05, 0) is 43.4 Å². The molecule has 1 aliphatic carbocycles. The highest BCUT2D eigenvalue weighted by molar-refractivity contribution is 7.15. The van der Waals surface area contributed by atoms with Crippen molar-refractivity contribution < 1.29 is 13.6 Å². The summed E-state index contributed by atoms with van der Waals surface area (Å²) >= 11 is 1.53. The van der Waals surface area contributed by atoms with Crippen molar-refractivity contribution in [3.63, 3.8) is 0 Å². The van der Waals surface area contributed by atoms with Crippen LogP contribution in [0.2, 0.25) is 0 Å². The van der Waals surface area contributed by atoms with Gasteiger partial charge in [0.2, 0.25) is 5.91 Å². The summed E-state index contributed by atoms with van der Waals surface area (Å²) in [5.74, 6) is -0.941. The van der Waals surface area contributed by atoms with Crippen LogP contribution in [0, 0.1) is 11.6 Å². The zero-order valence-electron chi connectivity index (χ0n) is 13.1. The van der Waals surface area contributed by atoms with E-state index in [1.807, 2.05) is 4.90 Å². The Kier molecular flexibility index (Phi) is 4.05. The van der Waals surface area contributed by atoms with Crippen LogP contribution in [0.25, 0.3) is 0 Å². The Hall–Kier alpha value is -1.86. The molecule has 4 nitrogen and oxygen atoms in total. The van der Waals surface area contributed by atoms with Gasteiger partial charge in [0, 0.05) is 23.5 Å². The lowest BCUT2D eigenvalue weighted by molar-refractivity contribution is -0.117. The van der Waals surface area contributed by atoms with E-state index in [4.69, 9.17) is 0 Å². The number of fused-ring (bicyclic) bond motifs is 2. The molecule has 0 radical (unpaired) electrons. The first-order valence-electron chi connectivity index (χ1n) is 8.06. The second-order valence-electron chi connectivity index (χ2n) is 6.24. The van der Waals surface area contributed by atoms with E-state index >= 15 is 0 Å². The lowest BCUT2D eigenvalue weighted by Crippen LogP contribution is -2.37. The molecule has 126 valence electrons. The van der Waals surface area contributed by atoms with Crippen LogP contribution in [0.3, 0.4) is 0 Å². The highest BCUT2D eigenvalue weighted by Crippen LogP contribution is 2.30. The third kappa shape index (κ3) is 2.93. The lowest BCUT2D eigenvalue weighted by atomic mass is 9.98. The van der Waals surface area contributed by atoms with Crippen molar-refractivity contribution in [2.75, 3.05) is 18.4 Å². The fourth-order valence-electron chi connectivity index (χ4n) is 3.39. The van der Waals surface area contributed by atoms with E-state index in [1.165, 1.54) is 16.2 Å². The van der Waals surface area contributed by atoms with Gasteiger partial charge in [-0.1, -0.05) is 0 Å². The number of carbonyl (C=O) groups excluding carboxylic acids is 1. The zero-order valence-corrected chi connectivity index (χ0v) is 13.9. The number of rotatable bonds is 3. The fraction of sp³-hybridized carbons (Fsp3) is 0.412. The number of carbonyl (C=O) groups is 1. The van der Waals surface area contributed by atoms with Gasteiger partial charge in [-0.25, -0.2) is 13.8 Å². The van der Waals surface area contributed by atoms with Crippen LogP contribution in [-0.4, -0.2) is 28.9 Å². The molecule has 24 heavy (non-hydrogen) atoms. The molecule has 1 aromatic carbocycles. The number of nitrogens with zero attached hydrogens (tertiary/aromatic N) is 2. The van der Waals surface area contributed by atoms with Crippen LogP contribution in [0.4, 0.5) is 13.9 Å². The van der Waals surface area contributed by atoms with Crippen molar-refractivity contribution in [3.05, 3.63) is 45.5 Å². The minimum atomic E-state index is -0.409. The second kappa shape index (κ2) is 6.22. The summed E-state index contributed by atoms with van der Waals surface area (Å²) in [7, 11) is 0. The molecule has 1 aliphatic heterocycles. The molecular formula is C17H17F2N3OS. The van der Waals surface area contributed by atoms with E-state index in [2.05, 4.69) is 10.3 Å². The van der Waals surface area contributed by atoms with E-state index in [0.717, 1.165) is 37.1 Å². The number of thiazole rings is 1. The predicted octanol–water partition coefficient (Wildman–Crippen LogP) is 2.91. The Bertz CT molecular complexity index is 784. The van der Waals surface area contributed by atoms with E-state index in [1.54, 1.807) is 0 Å². The van der Waals surface area contributed by atoms with Gasteiger partial charge in [-0.3, -0.25) is 9.69 Å². The average molecular weight is 349 g/mol. The largest absolute Gasteiger partial charge is 0.301 e. The Morgan fingerprint density at radius 1 is 1.21 bits per heavy atom. The van der Waals surface area contributed by atoms with Crippen molar-refractivity contribution in [2.24, 2.45) is 0 Å². The van der Waals surface area contributed by atoms with Crippen LogP contribution < -0.4 is 5.32 Å². The molecule has 7 heteroatoms. The number of hydrogen-bond acceptors (Lipinski definition) is 4. The Labute approximate surface area is 142 Å². The maximum absolute atomic E-state index is 13.9. The van der Waals surface area contributed by atoms with Gasteiger partial charge in [0.1, 0.15) is 11.6 Å². The summed E-state index contributed by atoms with van der Waals surface area (Å²) in [6, 6.07) is 2.31. The summed E-state index contributed by atoms with van der Waals surface area (Å²) in [6.45, 7) is 0.940. The molecule has 4 rings (SSSR count). The van der Waals surface area contributed by atoms with Gasteiger partial charge in [0.25, 0.3) is 0 Å². The van der Waals surface area contributed by atoms with Crippen molar-refractivity contribution >= 4 is 22.4 Å². The van der Waals surface area contributed by atoms with E-state index < -0.39 is 5.82 Å². The third-order valence-electron chi connectivity index (χ3n) is 4.59. The van der Waals surface area contributed by atoms with Crippen LogP contribution in [0.15, 0.2) is 12.1 Å². The minimum Gasteiger partial charge on any atom is -0.301 e. The van der Waals surface area contributed by atoms with Crippen molar-refractivity contribution in [1.82, 2.24) is 9.88 Å². The van der Waals surface area contributed by atoms with Crippen LogP contribution in [0.5, 0.6) is 0 Å². The highest BCUT2D eigenvalue weighted by Gasteiger charge is 2.24. The quantitative estimate of drug-likeness (QED) is 0.927. The zero-order chi connectivity index (χ0) is 16.7. The summed E-state index contributed by atoms with van der Waals surface area (Å²) in [5.41, 5.74) is 1.89. The molecule has 0 unspecified atom stereocenters. The topological polar surface area (TPSA) is 45.2 Å². The molecule has 2 aliphatic rings. The molecule has 1 N–H and O–H groups in total. The molecule has 0 saturated carbocycles. The maximum Gasteiger partial charge on any atom is 0.240 e. The lowest BCUT2D eigenvalue weighted by Gasteiger charge is -2.28. The summed E-state index contributed by atoms with van der Waals surface area (Å²) < 4.78 is 27.6. The predicted molar refractivity (Wildman–Crippen MR) is 88.1 cm³/mol. The summed E-state index contributed by atoms with van der Waals surface area (Å²) in [6.07, 6.45) is 3.57. The number of hydrogen-bond donors (Lipinski definition) is 1. The van der Waals surface area contributed by atoms with E-state index in [9.17, 15) is 13.6 Å². The first kappa shape index (κ1) is 15.7. The number of benzene rings is 1. The summed E-state index contributed by atoms with van der Waals surface area (Å²) in [4.78, 5) is 19.8. The van der Waals surface area contributed by atoms with Crippen LogP contribution in [-0.2, 0) is 30.6 Å². The molecule has 2 aromatic rings. The smallest absolute Gasteiger partial charge is 0.240 e. The molecule has 0 spiro atoms. The highest BCUT2D eigenvalue weighted by atomic mass is 32.1. The first-order chi connectivity index (χ1) is 11.6. The molecular weight excluding hydrogens is 332 g/mol.